The van der Waals surface area contributed by atoms with Crippen molar-refractivity contribution in [3.63, 3.8) is 0 Å². The van der Waals surface area contributed by atoms with Crippen LogP contribution in [0, 0.1) is 6.92 Å². The molecule has 0 spiro atoms. The topological polar surface area (TPSA) is 166 Å². The zero-order valence-corrected chi connectivity index (χ0v) is 23.6. The summed E-state index contributed by atoms with van der Waals surface area (Å²) in [5, 5.41) is 14.3. The number of nitrogens with zero attached hydrogens (tertiary/aromatic N) is 2. The lowest BCUT2D eigenvalue weighted by Crippen LogP contribution is -2.51. The van der Waals surface area contributed by atoms with E-state index in [1.807, 2.05) is 48.5 Å². The molecule has 44 heavy (non-hydrogen) atoms. The lowest BCUT2D eigenvalue weighted by atomic mass is 9.98. The van der Waals surface area contributed by atoms with Gasteiger partial charge in [0.2, 0.25) is 5.91 Å². The third-order valence-electron chi connectivity index (χ3n) is 7.30. The number of nitrogens with one attached hydrogen (secondary N) is 2. The average Bonchev–Trinajstić information content (AvgIpc) is 3.35. The summed E-state index contributed by atoms with van der Waals surface area (Å²) >= 11 is 0. The van der Waals surface area contributed by atoms with Gasteiger partial charge in [-0.2, -0.15) is 4.57 Å². The molecule has 4 aromatic rings. The van der Waals surface area contributed by atoms with Crippen molar-refractivity contribution in [2.24, 2.45) is 0 Å². The maximum Gasteiger partial charge on any atom is 0.407 e. The van der Waals surface area contributed by atoms with E-state index in [-0.39, 0.29) is 23.7 Å². The predicted molar refractivity (Wildman–Crippen MR) is 159 cm³/mol. The van der Waals surface area contributed by atoms with Crippen LogP contribution >= 0.6 is 0 Å². The molecule has 0 bridgehead atoms. The number of carboxylic acid groups (broad SMARTS) is 1. The van der Waals surface area contributed by atoms with Gasteiger partial charge in [0.15, 0.2) is 0 Å². The quantitative estimate of drug-likeness (QED) is 0.264. The van der Waals surface area contributed by atoms with Crippen LogP contribution in [0.3, 0.4) is 0 Å². The molecule has 3 aromatic carbocycles. The number of aliphatic carboxylic acids is 1. The van der Waals surface area contributed by atoms with Crippen LogP contribution in [0.15, 0.2) is 94.6 Å². The minimum atomic E-state index is -1.62. The van der Waals surface area contributed by atoms with Crippen molar-refractivity contribution in [1.82, 2.24) is 19.8 Å². The van der Waals surface area contributed by atoms with Gasteiger partial charge in [-0.25, -0.2) is 14.4 Å². The first-order valence-corrected chi connectivity index (χ1v) is 13.7. The monoisotopic (exact) mass is 596 g/mol. The number of ether oxygens (including phenoxy) is 1. The van der Waals surface area contributed by atoms with E-state index < -0.39 is 54.3 Å². The Bertz CT molecular complexity index is 1830. The highest BCUT2D eigenvalue weighted by Gasteiger charge is 2.29. The highest BCUT2D eigenvalue weighted by Crippen LogP contribution is 2.44. The summed E-state index contributed by atoms with van der Waals surface area (Å²) in [4.78, 5) is 75.6. The smallest absolute Gasteiger partial charge is 0.407 e. The van der Waals surface area contributed by atoms with E-state index in [1.54, 1.807) is 18.2 Å². The number of aromatic nitrogens is 2. The SMILES string of the molecule is Cc1cn(C[C@@H](NC(=O)CNC(=O)OCC2c3ccccc3-c3ccccc32)C(=O)O)c(=O)n(C(=O)c2ccccc2)c1=O. The van der Waals surface area contributed by atoms with Gasteiger partial charge < -0.3 is 20.5 Å². The summed E-state index contributed by atoms with van der Waals surface area (Å²) in [6.07, 6.45) is 0.253. The van der Waals surface area contributed by atoms with E-state index in [1.165, 1.54) is 19.1 Å². The molecule has 1 aromatic heterocycles. The average molecular weight is 597 g/mol. The Balaban J connectivity index is 1.21. The summed E-state index contributed by atoms with van der Waals surface area (Å²) in [6, 6.07) is 21.7. The number of amides is 2. The molecule has 0 saturated heterocycles. The summed E-state index contributed by atoms with van der Waals surface area (Å²) in [7, 11) is 0. The van der Waals surface area contributed by atoms with Crippen molar-refractivity contribution in [1.29, 1.82) is 0 Å². The number of alkyl carbamates (subject to hydrolysis) is 1. The molecule has 1 atom stereocenters. The summed E-state index contributed by atoms with van der Waals surface area (Å²) in [6.45, 7) is 0.215. The van der Waals surface area contributed by atoms with E-state index in [2.05, 4.69) is 10.6 Å². The van der Waals surface area contributed by atoms with Gasteiger partial charge in [0.25, 0.3) is 11.5 Å². The number of fused-ring (bicyclic) bond motifs is 3. The Morgan fingerprint density at radius 1 is 0.886 bits per heavy atom. The van der Waals surface area contributed by atoms with Crippen molar-refractivity contribution in [3.8, 4) is 11.1 Å². The lowest BCUT2D eigenvalue weighted by molar-refractivity contribution is -0.142. The summed E-state index contributed by atoms with van der Waals surface area (Å²) < 4.78 is 6.69. The maximum absolute atomic E-state index is 13.1. The first-order valence-electron chi connectivity index (χ1n) is 13.7. The van der Waals surface area contributed by atoms with E-state index in [0.717, 1.165) is 33.0 Å². The molecule has 0 fully saturated rings. The molecule has 12 heteroatoms. The molecule has 0 aliphatic heterocycles. The Labute approximate surface area is 250 Å². The number of carbonyl (C=O) groups is 4. The molecule has 1 heterocycles. The van der Waals surface area contributed by atoms with Crippen molar-refractivity contribution in [2.45, 2.75) is 25.4 Å². The number of benzene rings is 3. The fraction of sp³-hybridized carbons (Fsp3) is 0.188. The number of aryl methyl sites for hydroxylation is 1. The fourth-order valence-electron chi connectivity index (χ4n) is 5.19. The van der Waals surface area contributed by atoms with Crippen LogP contribution in [0.4, 0.5) is 4.79 Å². The lowest BCUT2D eigenvalue weighted by Gasteiger charge is -2.18. The van der Waals surface area contributed by atoms with Crippen molar-refractivity contribution in [3.05, 3.63) is 128 Å². The molecule has 3 N–H and O–H groups in total. The minimum Gasteiger partial charge on any atom is -0.480 e. The van der Waals surface area contributed by atoms with Crippen molar-refractivity contribution in [2.75, 3.05) is 13.2 Å². The van der Waals surface area contributed by atoms with Crippen molar-refractivity contribution < 1.29 is 29.0 Å². The van der Waals surface area contributed by atoms with Gasteiger partial charge in [0.05, 0.1) is 6.54 Å². The minimum absolute atomic E-state index is 0.0151. The summed E-state index contributed by atoms with van der Waals surface area (Å²) in [5.41, 5.74) is 2.36. The van der Waals surface area contributed by atoms with E-state index in [4.69, 9.17) is 4.74 Å². The second kappa shape index (κ2) is 12.6. The number of carbonyl (C=O) groups excluding carboxylic acids is 3. The number of carboxylic acids is 1. The molecule has 5 rings (SSSR count). The molecule has 0 radical (unpaired) electrons. The molecule has 0 saturated carbocycles. The Kier molecular flexibility index (Phi) is 8.51. The third-order valence-corrected chi connectivity index (χ3v) is 7.30. The van der Waals surface area contributed by atoms with Gasteiger partial charge in [-0.05, 0) is 41.3 Å². The molecule has 0 unspecified atom stereocenters. The zero-order chi connectivity index (χ0) is 31.4. The van der Waals surface area contributed by atoms with Crippen molar-refractivity contribution >= 4 is 23.9 Å². The predicted octanol–water partition coefficient (Wildman–Crippen LogP) is 2.12. The summed E-state index contributed by atoms with van der Waals surface area (Å²) in [5.74, 6) is -3.39. The second-order valence-corrected chi connectivity index (χ2v) is 10.2. The number of hydrogen-bond donors (Lipinski definition) is 3. The maximum atomic E-state index is 13.1. The van der Waals surface area contributed by atoms with Gasteiger partial charge in [-0.1, -0.05) is 66.7 Å². The molecule has 1 aliphatic carbocycles. The molecular formula is C32H28N4O8. The molecular weight excluding hydrogens is 568 g/mol. The highest BCUT2D eigenvalue weighted by atomic mass is 16.5. The van der Waals surface area contributed by atoms with E-state index in [0.29, 0.717) is 4.57 Å². The van der Waals surface area contributed by atoms with E-state index in [9.17, 15) is 33.9 Å². The first-order chi connectivity index (χ1) is 21.2. The Morgan fingerprint density at radius 3 is 2.09 bits per heavy atom. The Hall–Kier alpha value is -5.78. The first kappa shape index (κ1) is 29.7. The molecule has 224 valence electrons. The van der Waals surface area contributed by atoms with Crippen LogP contribution in [0.5, 0.6) is 0 Å². The van der Waals surface area contributed by atoms with Crippen LogP contribution in [0.2, 0.25) is 0 Å². The largest absolute Gasteiger partial charge is 0.480 e. The van der Waals surface area contributed by atoms with Gasteiger partial charge in [-0.3, -0.25) is 19.0 Å². The van der Waals surface area contributed by atoms with Gasteiger partial charge >= 0.3 is 17.8 Å². The van der Waals surface area contributed by atoms with E-state index >= 15 is 0 Å². The number of rotatable bonds is 9. The Morgan fingerprint density at radius 2 is 1.48 bits per heavy atom. The van der Waals surface area contributed by atoms with Gasteiger partial charge in [-0.15, -0.1) is 0 Å². The molecule has 12 nitrogen and oxygen atoms in total. The van der Waals surface area contributed by atoms with Crippen LogP contribution in [-0.2, 0) is 20.9 Å². The van der Waals surface area contributed by atoms with Crippen LogP contribution < -0.4 is 21.9 Å². The third kappa shape index (κ3) is 6.04. The van der Waals surface area contributed by atoms with Gasteiger partial charge in [0.1, 0.15) is 19.2 Å². The number of hydrogen-bond acceptors (Lipinski definition) is 7. The molecule has 1 aliphatic rings. The fourth-order valence-corrected chi connectivity index (χ4v) is 5.19. The highest BCUT2D eigenvalue weighted by molar-refractivity contribution is 5.95. The molecule has 2 amide bonds. The van der Waals surface area contributed by atoms with Crippen LogP contribution in [0.1, 0.15) is 33.0 Å². The van der Waals surface area contributed by atoms with Gasteiger partial charge in [0, 0.05) is 23.2 Å². The van der Waals surface area contributed by atoms with Crippen LogP contribution in [-0.4, -0.2) is 57.3 Å². The standard InChI is InChI=1S/C32H28N4O8/c1-19-16-35(32(43)36(28(19)38)29(39)20-9-3-2-4-10-20)17-26(30(40)41)34-27(37)15-33-31(42)44-18-25-23-13-7-5-11-21(23)22-12-6-8-14-24(22)25/h2-14,16,25-26H,15,17-18H2,1H3,(H,33,42)(H,34,37)(H,40,41)/t26-/m1/s1. The second-order valence-electron chi connectivity index (χ2n) is 10.2. The zero-order valence-electron chi connectivity index (χ0n) is 23.6. The van der Waals surface area contributed by atoms with Crippen LogP contribution in [0.25, 0.3) is 11.1 Å². The normalized spacial score (nSPS) is 12.5.